The van der Waals surface area contributed by atoms with Gasteiger partial charge >= 0.3 is 6.09 Å². The van der Waals surface area contributed by atoms with Crippen LogP contribution in [0.5, 0.6) is 0 Å². The number of amides is 1. The van der Waals surface area contributed by atoms with E-state index in [1.165, 1.54) is 11.0 Å². The summed E-state index contributed by atoms with van der Waals surface area (Å²) in [5.41, 5.74) is 6.44. The summed E-state index contributed by atoms with van der Waals surface area (Å²) in [6.45, 7) is 4.60. The van der Waals surface area contributed by atoms with Crippen molar-refractivity contribution in [3.8, 4) is 0 Å². The van der Waals surface area contributed by atoms with Crippen LogP contribution in [0.25, 0.3) is 10.9 Å². The Morgan fingerprint density at radius 2 is 2.32 bits per heavy atom. The average molecular weight is 306 g/mol. The highest BCUT2D eigenvalue weighted by Crippen LogP contribution is 2.29. The topological polar surface area (TPSA) is 73.4 Å². The molecule has 0 spiro atoms. The Kier molecular flexibility index (Phi) is 3.74. The highest BCUT2D eigenvalue weighted by Gasteiger charge is 2.32. The summed E-state index contributed by atoms with van der Waals surface area (Å²) < 4.78 is 21.3. The van der Waals surface area contributed by atoms with Gasteiger partial charge in [0.05, 0.1) is 18.4 Å². The molecule has 1 aliphatic rings. The number of cyclic esters (lactones) is 1. The number of anilines is 1. The van der Waals surface area contributed by atoms with Crippen LogP contribution in [0, 0.1) is 5.82 Å². The molecule has 3 rings (SSSR count). The van der Waals surface area contributed by atoms with E-state index in [1.807, 2.05) is 13.8 Å². The van der Waals surface area contributed by atoms with Crippen molar-refractivity contribution in [3.63, 3.8) is 0 Å². The zero-order valence-corrected chi connectivity index (χ0v) is 12.6. The molecule has 2 heterocycles. The van der Waals surface area contributed by atoms with Crippen molar-refractivity contribution < 1.29 is 13.9 Å². The van der Waals surface area contributed by atoms with Crippen LogP contribution >= 0.6 is 0 Å². The second-order valence-corrected chi connectivity index (χ2v) is 5.56. The average Bonchev–Trinajstić information content (AvgIpc) is 3.10. The molecule has 1 aromatic carbocycles. The number of aromatic nitrogens is 2. The first-order valence-corrected chi connectivity index (χ1v) is 7.40. The van der Waals surface area contributed by atoms with Crippen molar-refractivity contribution in [2.75, 3.05) is 18.0 Å². The fraction of sp³-hybridized carbons (Fsp3) is 0.467. The van der Waals surface area contributed by atoms with E-state index in [9.17, 15) is 9.18 Å². The maximum atomic E-state index is 14.5. The minimum absolute atomic E-state index is 0.108. The van der Waals surface area contributed by atoms with Gasteiger partial charge in [0.25, 0.3) is 0 Å². The first kappa shape index (κ1) is 14.8. The normalized spacial score (nSPS) is 19.7. The molecule has 7 heteroatoms. The zero-order chi connectivity index (χ0) is 15.9. The van der Waals surface area contributed by atoms with E-state index < -0.39 is 11.9 Å². The second-order valence-electron chi connectivity index (χ2n) is 5.56. The maximum Gasteiger partial charge on any atom is 0.414 e. The Bertz CT molecular complexity index is 715. The number of hydrogen-bond acceptors (Lipinski definition) is 4. The summed E-state index contributed by atoms with van der Waals surface area (Å²) in [6.07, 6.45) is 1.63. The summed E-state index contributed by atoms with van der Waals surface area (Å²) in [7, 11) is 0. The van der Waals surface area contributed by atoms with E-state index in [0.29, 0.717) is 23.1 Å². The van der Waals surface area contributed by atoms with Crippen molar-refractivity contribution in [3.05, 3.63) is 24.1 Å². The molecular formula is C15H19FN4O2. The number of rotatable bonds is 4. The van der Waals surface area contributed by atoms with Gasteiger partial charge in [0, 0.05) is 24.0 Å². The Morgan fingerprint density at radius 1 is 1.55 bits per heavy atom. The molecule has 2 N–H and O–H groups in total. The molecule has 22 heavy (non-hydrogen) atoms. The molecule has 118 valence electrons. The van der Waals surface area contributed by atoms with Crippen molar-refractivity contribution in [2.24, 2.45) is 5.73 Å². The lowest BCUT2D eigenvalue weighted by Gasteiger charge is -2.15. The van der Waals surface area contributed by atoms with Gasteiger partial charge in [-0.15, -0.1) is 0 Å². The SMILES string of the molecule is CC[C@H](C)n1ncc2cc(N3C[C@H](CN)OC3=O)cc(F)c21. The highest BCUT2D eigenvalue weighted by molar-refractivity contribution is 5.93. The number of carbonyl (C=O) groups excluding carboxylic acids is 1. The number of hydrogen-bond donors (Lipinski definition) is 1. The van der Waals surface area contributed by atoms with Gasteiger partial charge in [0.15, 0.2) is 5.82 Å². The summed E-state index contributed by atoms with van der Waals surface area (Å²) in [4.78, 5) is 13.3. The number of ether oxygens (including phenoxy) is 1. The molecule has 2 atom stereocenters. The fourth-order valence-electron chi connectivity index (χ4n) is 2.65. The maximum absolute atomic E-state index is 14.5. The molecule has 6 nitrogen and oxygen atoms in total. The lowest BCUT2D eigenvalue weighted by Crippen LogP contribution is -2.27. The van der Waals surface area contributed by atoms with Crippen LogP contribution in [0.2, 0.25) is 0 Å². The van der Waals surface area contributed by atoms with Crippen molar-refractivity contribution in [1.82, 2.24) is 9.78 Å². The van der Waals surface area contributed by atoms with Gasteiger partial charge in [0.2, 0.25) is 0 Å². The minimum Gasteiger partial charge on any atom is -0.443 e. The Morgan fingerprint density at radius 3 is 2.95 bits per heavy atom. The largest absolute Gasteiger partial charge is 0.443 e. The minimum atomic E-state index is -0.497. The number of halogens is 1. The summed E-state index contributed by atoms with van der Waals surface area (Å²) in [6, 6.07) is 3.21. The van der Waals surface area contributed by atoms with Crippen LogP contribution < -0.4 is 10.6 Å². The van der Waals surface area contributed by atoms with Gasteiger partial charge in [0.1, 0.15) is 11.6 Å². The van der Waals surface area contributed by atoms with Crippen molar-refractivity contribution in [1.29, 1.82) is 0 Å². The summed E-state index contributed by atoms with van der Waals surface area (Å²) in [5.74, 6) is -0.394. The predicted molar refractivity (Wildman–Crippen MR) is 81.4 cm³/mol. The van der Waals surface area contributed by atoms with E-state index in [0.717, 1.165) is 6.42 Å². The molecule has 0 radical (unpaired) electrons. The molecule has 0 unspecified atom stereocenters. The van der Waals surface area contributed by atoms with E-state index in [1.54, 1.807) is 16.9 Å². The van der Waals surface area contributed by atoms with Gasteiger partial charge in [-0.25, -0.2) is 9.18 Å². The number of nitrogens with two attached hydrogens (primary N) is 1. The standard InChI is InChI=1S/C15H19FN4O2/c1-3-9(2)20-14-10(7-18-20)4-11(5-13(14)16)19-8-12(6-17)22-15(19)21/h4-5,7,9,12H,3,6,8,17H2,1-2H3/t9-,12-/m0/s1. The Labute approximate surface area is 127 Å². The van der Waals surface area contributed by atoms with Gasteiger partial charge in [-0.1, -0.05) is 6.92 Å². The van der Waals surface area contributed by atoms with E-state index in [4.69, 9.17) is 10.5 Å². The molecule has 2 aromatic rings. The molecule has 1 saturated heterocycles. The van der Waals surface area contributed by atoms with Crippen LogP contribution in [0.1, 0.15) is 26.3 Å². The lowest BCUT2D eigenvalue weighted by molar-refractivity contribution is 0.145. The molecule has 1 fully saturated rings. The zero-order valence-electron chi connectivity index (χ0n) is 12.6. The van der Waals surface area contributed by atoms with Gasteiger partial charge in [-0.05, 0) is 19.4 Å². The molecule has 1 amide bonds. The third kappa shape index (κ3) is 2.31. The molecular weight excluding hydrogens is 287 g/mol. The van der Waals surface area contributed by atoms with Crippen LogP contribution in [0.3, 0.4) is 0 Å². The van der Waals surface area contributed by atoms with Gasteiger partial charge in [-0.2, -0.15) is 5.10 Å². The van der Waals surface area contributed by atoms with Gasteiger partial charge in [-0.3, -0.25) is 9.58 Å². The van der Waals surface area contributed by atoms with Crippen molar-refractivity contribution in [2.45, 2.75) is 32.4 Å². The van der Waals surface area contributed by atoms with Crippen LogP contribution in [0.15, 0.2) is 18.3 Å². The fourth-order valence-corrected chi connectivity index (χ4v) is 2.65. The smallest absolute Gasteiger partial charge is 0.414 e. The number of benzene rings is 1. The molecule has 0 saturated carbocycles. The third-order valence-corrected chi connectivity index (χ3v) is 4.08. The second kappa shape index (κ2) is 5.57. The highest BCUT2D eigenvalue weighted by atomic mass is 19.1. The van der Waals surface area contributed by atoms with Crippen molar-refractivity contribution >= 4 is 22.7 Å². The lowest BCUT2D eigenvalue weighted by atomic mass is 10.2. The summed E-state index contributed by atoms with van der Waals surface area (Å²) >= 11 is 0. The van der Waals surface area contributed by atoms with Crippen LogP contribution in [0.4, 0.5) is 14.9 Å². The Hall–Kier alpha value is -2.15. The predicted octanol–water partition coefficient (Wildman–Crippen LogP) is 2.43. The molecule has 1 aliphatic heterocycles. The number of fused-ring (bicyclic) bond motifs is 1. The monoisotopic (exact) mass is 306 g/mol. The number of carbonyl (C=O) groups is 1. The van der Waals surface area contributed by atoms with Crippen LogP contribution in [-0.4, -0.2) is 35.1 Å². The van der Waals surface area contributed by atoms with E-state index >= 15 is 0 Å². The van der Waals surface area contributed by atoms with Crippen LogP contribution in [-0.2, 0) is 4.74 Å². The molecule has 0 aliphatic carbocycles. The molecule has 0 bridgehead atoms. The van der Waals surface area contributed by atoms with E-state index in [2.05, 4.69) is 5.10 Å². The third-order valence-electron chi connectivity index (χ3n) is 4.08. The quantitative estimate of drug-likeness (QED) is 0.941. The Balaban J connectivity index is 2.02. The summed E-state index contributed by atoms with van der Waals surface area (Å²) in [5, 5.41) is 4.93. The number of nitrogens with zero attached hydrogens (tertiary/aromatic N) is 3. The van der Waals surface area contributed by atoms with Gasteiger partial charge < -0.3 is 10.5 Å². The molecule has 1 aromatic heterocycles. The first-order valence-electron chi connectivity index (χ1n) is 7.40. The first-order chi connectivity index (χ1) is 10.5. The van der Waals surface area contributed by atoms with E-state index in [-0.39, 0.29) is 18.7 Å².